The highest BCUT2D eigenvalue weighted by Crippen LogP contribution is 2.22. The highest BCUT2D eigenvalue weighted by Gasteiger charge is 2.12. The summed E-state index contributed by atoms with van der Waals surface area (Å²) in [4.78, 5) is 46.8. The first-order valence-electron chi connectivity index (χ1n) is 7.39. The number of hydrogen-bond acceptors (Lipinski definition) is 6. The fourth-order valence-electron chi connectivity index (χ4n) is 1.92. The molecule has 138 valence electrons. The lowest BCUT2D eigenvalue weighted by molar-refractivity contribution is -0.149. The molecule has 0 saturated carbocycles. The van der Waals surface area contributed by atoms with Gasteiger partial charge in [0.2, 0.25) is 0 Å². The van der Waals surface area contributed by atoms with E-state index in [-0.39, 0.29) is 5.82 Å². The van der Waals surface area contributed by atoms with Gasteiger partial charge in [0.05, 0.1) is 5.02 Å². The van der Waals surface area contributed by atoms with Gasteiger partial charge < -0.3 is 14.8 Å². The summed E-state index contributed by atoms with van der Waals surface area (Å²) in [7, 11) is 2.71. The summed E-state index contributed by atoms with van der Waals surface area (Å²) in [6.45, 7) is -1.03. The molecule has 9 nitrogen and oxygen atoms in total. The molecule has 0 saturated heterocycles. The van der Waals surface area contributed by atoms with Crippen LogP contribution in [0.25, 0.3) is 0 Å². The molecule has 0 bridgehead atoms. The molecule has 1 amide bonds. The summed E-state index contributed by atoms with van der Waals surface area (Å²) in [6, 6.07) is 7.67. The molecule has 1 N–H and O–H groups in total. The topological polar surface area (TPSA) is 109 Å². The third-order valence-electron chi connectivity index (χ3n) is 3.34. The molecular formula is C16H16ClN3O6. The number of carbonyl (C=O) groups excluding carboxylic acids is 2. The minimum atomic E-state index is -0.780. The van der Waals surface area contributed by atoms with Gasteiger partial charge in [0.25, 0.3) is 11.5 Å². The molecule has 0 atom stereocenters. The van der Waals surface area contributed by atoms with E-state index < -0.39 is 36.3 Å². The summed E-state index contributed by atoms with van der Waals surface area (Å²) in [5.41, 5.74) is -1.17. The van der Waals surface area contributed by atoms with Crippen molar-refractivity contribution < 1.29 is 19.1 Å². The zero-order valence-electron chi connectivity index (χ0n) is 14.0. The SMILES string of the molecule is Cn1c(NC(=O)COC(=O)COc2ccccc2Cl)cc(=O)n(C)c1=O. The van der Waals surface area contributed by atoms with Gasteiger partial charge in [0.15, 0.2) is 13.2 Å². The average Bonchev–Trinajstić information content (AvgIpc) is 2.62. The minimum absolute atomic E-state index is 0.00790. The van der Waals surface area contributed by atoms with E-state index in [9.17, 15) is 19.2 Å². The highest BCUT2D eigenvalue weighted by atomic mass is 35.5. The van der Waals surface area contributed by atoms with Crippen molar-refractivity contribution in [2.75, 3.05) is 18.5 Å². The molecule has 26 heavy (non-hydrogen) atoms. The number of para-hydroxylation sites is 1. The maximum atomic E-state index is 11.8. The molecular weight excluding hydrogens is 366 g/mol. The van der Waals surface area contributed by atoms with Gasteiger partial charge in [-0.1, -0.05) is 23.7 Å². The van der Waals surface area contributed by atoms with E-state index in [1.54, 1.807) is 24.3 Å². The van der Waals surface area contributed by atoms with Crippen molar-refractivity contribution in [3.05, 3.63) is 56.2 Å². The van der Waals surface area contributed by atoms with E-state index in [1.807, 2.05) is 0 Å². The van der Waals surface area contributed by atoms with Crippen molar-refractivity contribution in [2.24, 2.45) is 14.1 Å². The molecule has 0 unspecified atom stereocenters. The van der Waals surface area contributed by atoms with Gasteiger partial charge in [-0.25, -0.2) is 9.59 Å². The van der Waals surface area contributed by atoms with Crippen molar-refractivity contribution in [3.63, 3.8) is 0 Å². The second kappa shape index (κ2) is 8.34. The Balaban J connectivity index is 1.87. The Morgan fingerprint density at radius 3 is 2.50 bits per heavy atom. The fourth-order valence-corrected chi connectivity index (χ4v) is 2.11. The van der Waals surface area contributed by atoms with Crippen LogP contribution in [0.5, 0.6) is 5.75 Å². The lowest BCUT2D eigenvalue weighted by atomic mass is 10.3. The van der Waals surface area contributed by atoms with E-state index in [1.165, 1.54) is 14.1 Å². The standard InChI is InChI=1S/C16H16ClN3O6/c1-19-12(7-14(22)20(2)16(19)24)18-13(21)8-26-15(23)9-25-11-6-4-3-5-10(11)17/h3-7H,8-9H2,1-2H3,(H,18,21). The van der Waals surface area contributed by atoms with Crippen LogP contribution in [0.2, 0.25) is 5.02 Å². The van der Waals surface area contributed by atoms with Crippen LogP contribution in [0.1, 0.15) is 0 Å². The van der Waals surface area contributed by atoms with Gasteiger partial charge in [0, 0.05) is 20.2 Å². The van der Waals surface area contributed by atoms with Gasteiger partial charge in [-0.05, 0) is 12.1 Å². The van der Waals surface area contributed by atoms with Gasteiger partial charge in [-0.2, -0.15) is 0 Å². The van der Waals surface area contributed by atoms with Crippen molar-refractivity contribution in [1.82, 2.24) is 9.13 Å². The molecule has 0 aliphatic carbocycles. The second-order valence-corrected chi connectivity index (χ2v) is 5.60. The van der Waals surface area contributed by atoms with Crippen LogP contribution in [-0.2, 0) is 28.4 Å². The number of nitrogens with one attached hydrogen (secondary N) is 1. The molecule has 10 heteroatoms. The van der Waals surface area contributed by atoms with Crippen molar-refractivity contribution in [3.8, 4) is 5.75 Å². The summed E-state index contributed by atoms with van der Waals surface area (Å²) >= 11 is 5.88. The maximum Gasteiger partial charge on any atom is 0.344 e. The largest absolute Gasteiger partial charge is 0.480 e. The molecule has 0 fully saturated rings. The molecule has 0 aliphatic heterocycles. The minimum Gasteiger partial charge on any atom is -0.480 e. The van der Waals surface area contributed by atoms with Crippen molar-refractivity contribution >= 4 is 29.3 Å². The van der Waals surface area contributed by atoms with E-state index in [2.05, 4.69) is 5.32 Å². The van der Waals surface area contributed by atoms with Crippen LogP contribution < -0.4 is 21.3 Å². The Labute approximate surface area is 152 Å². The molecule has 1 heterocycles. The molecule has 0 radical (unpaired) electrons. The third-order valence-corrected chi connectivity index (χ3v) is 3.65. The Bertz CT molecular complexity index is 950. The zero-order chi connectivity index (χ0) is 19.3. The first kappa shape index (κ1) is 19.3. The Morgan fingerprint density at radius 2 is 1.81 bits per heavy atom. The predicted octanol–water partition coefficient (Wildman–Crippen LogP) is 0.298. The molecule has 2 rings (SSSR count). The molecule has 0 spiro atoms. The van der Waals surface area contributed by atoms with Gasteiger partial charge in [0.1, 0.15) is 11.6 Å². The summed E-state index contributed by atoms with van der Waals surface area (Å²) < 4.78 is 11.9. The number of halogens is 1. The molecule has 1 aromatic carbocycles. The number of rotatable bonds is 6. The van der Waals surface area contributed by atoms with Gasteiger partial charge in [-0.15, -0.1) is 0 Å². The lowest BCUT2D eigenvalue weighted by Gasteiger charge is -2.11. The number of esters is 1. The number of carbonyl (C=O) groups is 2. The summed E-state index contributed by atoms with van der Waals surface area (Å²) in [5, 5.41) is 2.67. The van der Waals surface area contributed by atoms with Crippen LogP contribution in [0, 0.1) is 0 Å². The van der Waals surface area contributed by atoms with Crippen LogP contribution >= 0.6 is 11.6 Å². The Morgan fingerprint density at radius 1 is 1.12 bits per heavy atom. The quantitative estimate of drug-likeness (QED) is 0.721. The zero-order valence-corrected chi connectivity index (χ0v) is 14.8. The van der Waals surface area contributed by atoms with Crippen LogP contribution in [0.15, 0.2) is 39.9 Å². The Kier molecular flexibility index (Phi) is 6.18. The molecule has 0 aliphatic rings. The van der Waals surface area contributed by atoms with E-state index >= 15 is 0 Å². The smallest absolute Gasteiger partial charge is 0.344 e. The van der Waals surface area contributed by atoms with E-state index in [0.29, 0.717) is 10.8 Å². The maximum absolute atomic E-state index is 11.8. The van der Waals surface area contributed by atoms with Gasteiger partial charge >= 0.3 is 11.7 Å². The number of ether oxygens (including phenoxy) is 2. The van der Waals surface area contributed by atoms with Crippen molar-refractivity contribution in [1.29, 1.82) is 0 Å². The first-order chi connectivity index (χ1) is 12.3. The normalized spacial score (nSPS) is 10.3. The van der Waals surface area contributed by atoms with Crippen LogP contribution in [0.3, 0.4) is 0 Å². The number of aromatic nitrogens is 2. The average molecular weight is 382 g/mol. The first-order valence-corrected chi connectivity index (χ1v) is 7.77. The van der Waals surface area contributed by atoms with E-state index in [0.717, 1.165) is 15.2 Å². The highest BCUT2D eigenvalue weighted by molar-refractivity contribution is 6.32. The summed E-state index contributed by atoms with van der Waals surface area (Å²) in [6.07, 6.45) is 0. The predicted molar refractivity (Wildman–Crippen MR) is 93.5 cm³/mol. The van der Waals surface area contributed by atoms with E-state index in [4.69, 9.17) is 21.1 Å². The van der Waals surface area contributed by atoms with Crippen LogP contribution in [0.4, 0.5) is 5.82 Å². The molecule has 2 aromatic rings. The van der Waals surface area contributed by atoms with Crippen LogP contribution in [-0.4, -0.2) is 34.2 Å². The summed E-state index contributed by atoms with van der Waals surface area (Å²) in [5.74, 6) is -1.19. The number of nitrogens with zero attached hydrogens (tertiary/aromatic N) is 2. The van der Waals surface area contributed by atoms with Crippen molar-refractivity contribution in [2.45, 2.75) is 0 Å². The Hall–Kier alpha value is -3.07. The third kappa shape index (κ3) is 4.73. The number of amides is 1. The number of benzene rings is 1. The lowest BCUT2D eigenvalue weighted by Crippen LogP contribution is -2.38. The van der Waals surface area contributed by atoms with Gasteiger partial charge in [-0.3, -0.25) is 18.7 Å². The second-order valence-electron chi connectivity index (χ2n) is 5.20. The number of anilines is 1. The monoisotopic (exact) mass is 381 g/mol. The molecule has 1 aromatic heterocycles. The number of hydrogen-bond donors (Lipinski definition) is 1. The fraction of sp³-hybridized carbons (Fsp3) is 0.250.